The highest BCUT2D eigenvalue weighted by Crippen LogP contribution is 2.13. The zero-order chi connectivity index (χ0) is 13.8. The Hall–Kier alpha value is -2.22. The molecule has 8 nitrogen and oxygen atoms in total. The van der Waals surface area contributed by atoms with E-state index >= 15 is 0 Å². The molecule has 1 unspecified atom stereocenters. The van der Waals surface area contributed by atoms with Crippen LogP contribution in [0.4, 0.5) is 11.9 Å². The van der Waals surface area contributed by atoms with Gasteiger partial charge in [-0.1, -0.05) is 0 Å². The Morgan fingerprint density at radius 1 is 1.42 bits per heavy atom. The van der Waals surface area contributed by atoms with Gasteiger partial charge in [-0.25, -0.2) is 4.68 Å². The van der Waals surface area contributed by atoms with Crippen LogP contribution in [0.1, 0.15) is 6.92 Å². The molecule has 19 heavy (non-hydrogen) atoms. The quantitative estimate of drug-likeness (QED) is 0.779. The molecule has 0 aromatic carbocycles. The van der Waals surface area contributed by atoms with Crippen LogP contribution >= 0.6 is 0 Å². The topological polar surface area (TPSA) is 92.0 Å². The molecule has 0 fully saturated rings. The molecule has 2 aromatic rings. The third-order valence-corrected chi connectivity index (χ3v) is 2.79. The lowest BCUT2D eigenvalue weighted by Gasteiger charge is -2.23. The second-order valence-electron chi connectivity index (χ2n) is 4.10. The van der Waals surface area contributed by atoms with Gasteiger partial charge in [0.1, 0.15) is 0 Å². The Morgan fingerprint density at radius 2 is 2.21 bits per heavy atom. The molecular weight excluding hydrogens is 246 g/mol. The first kappa shape index (κ1) is 13.2. The second kappa shape index (κ2) is 5.61. The summed E-state index contributed by atoms with van der Waals surface area (Å²) in [7, 11) is 3.56. The summed E-state index contributed by atoms with van der Waals surface area (Å²) in [6, 6.07) is 1.71. The van der Waals surface area contributed by atoms with Crippen molar-refractivity contribution in [1.29, 1.82) is 0 Å². The Balaban J connectivity index is 2.42. The largest absolute Gasteiger partial charge is 0.394 e. The summed E-state index contributed by atoms with van der Waals surface area (Å²) in [5.74, 6) is 1.36. The van der Waals surface area contributed by atoms with E-state index in [4.69, 9.17) is 0 Å². The van der Waals surface area contributed by atoms with E-state index in [0.29, 0.717) is 17.8 Å². The zero-order valence-corrected chi connectivity index (χ0v) is 11.1. The van der Waals surface area contributed by atoms with Gasteiger partial charge in [0, 0.05) is 26.5 Å². The van der Waals surface area contributed by atoms with Crippen molar-refractivity contribution in [1.82, 2.24) is 24.7 Å². The fourth-order valence-corrected chi connectivity index (χ4v) is 1.43. The molecule has 2 aromatic heterocycles. The van der Waals surface area contributed by atoms with Gasteiger partial charge in [0.2, 0.25) is 11.9 Å². The van der Waals surface area contributed by atoms with E-state index < -0.39 is 0 Å². The molecule has 0 saturated heterocycles. The molecular formula is C11H17N7O. The predicted molar refractivity (Wildman–Crippen MR) is 71.4 cm³/mol. The maximum absolute atomic E-state index is 9.20. The van der Waals surface area contributed by atoms with E-state index in [0.717, 1.165) is 0 Å². The van der Waals surface area contributed by atoms with Crippen molar-refractivity contribution in [3.8, 4) is 5.95 Å². The molecule has 2 heterocycles. The average molecular weight is 263 g/mol. The molecule has 0 aliphatic carbocycles. The molecule has 1 atom stereocenters. The molecule has 0 bridgehead atoms. The molecule has 0 aliphatic rings. The summed E-state index contributed by atoms with van der Waals surface area (Å²) in [6.45, 7) is 1.91. The average Bonchev–Trinajstić information content (AvgIpc) is 2.99. The predicted octanol–water partition coefficient (Wildman–Crippen LogP) is -0.0840. The molecule has 0 radical (unpaired) electrons. The van der Waals surface area contributed by atoms with E-state index in [2.05, 4.69) is 25.4 Å². The minimum absolute atomic E-state index is 0.0220. The molecule has 0 aliphatic heterocycles. The summed E-state index contributed by atoms with van der Waals surface area (Å²) in [5, 5.41) is 16.2. The Kier molecular flexibility index (Phi) is 3.91. The lowest BCUT2D eigenvalue weighted by Crippen LogP contribution is -2.33. The van der Waals surface area contributed by atoms with Crippen molar-refractivity contribution in [2.24, 2.45) is 0 Å². The van der Waals surface area contributed by atoms with Crippen molar-refractivity contribution in [2.45, 2.75) is 13.0 Å². The van der Waals surface area contributed by atoms with Gasteiger partial charge < -0.3 is 15.3 Å². The SMILES string of the molecule is CNc1nc(N(C)C(C)CO)nc(-n2cccn2)n1. The fourth-order valence-electron chi connectivity index (χ4n) is 1.43. The first-order valence-corrected chi connectivity index (χ1v) is 5.93. The first-order valence-electron chi connectivity index (χ1n) is 5.93. The summed E-state index contributed by atoms with van der Waals surface area (Å²) in [5.41, 5.74) is 0. The van der Waals surface area contributed by atoms with E-state index in [1.165, 1.54) is 0 Å². The van der Waals surface area contributed by atoms with E-state index in [-0.39, 0.29) is 12.6 Å². The standard InChI is InChI=1S/C11H17N7O/c1-8(7-19)17(3)10-14-9(12-2)15-11(16-10)18-6-4-5-13-18/h4-6,8,19H,7H2,1-3H3,(H,12,14,15,16). The lowest BCUT2D eigenvalue weighted by atomic mass is 10.3. The van der Waals surface area contributed by atoms with Crippen LogP contribution in [0.3, 0.4) is 0 Å². The number of aromatic nitrogens is 5. The molecule has 0 spiro atoms. The molecule has 0 saturated carbocycles. The van der Waals surface area contributed by atoms with Gasteiger partial charge in [-0.15, -0.1) is 0 Å². The number of likely N-dealkylation sites (N-methyl/N-ethyl adjacent to an activating group) is 1. The molecule has 2 N–H and O–H groups in total. The van der Waals surface area contributed by atoms with Crippen LogP contribution in [0.15, 0.2) is 18.5 Å². The Morgan fingerprint density at radius 3 is 2.79 bits per heavy atom. The van der Waals surface area contributed by atoms with Gasteiger partial charge in [-0.2, -0.15) is 20.1 Å². The van der Waals surface area contributed by atoms with Crippen LogP contribution in [0.5, 0.6) is 0 Å². The molecule has 2 rings (SSSR count). The van der Waals surface area contributed by atoms with Gasteiger partial charge in [0.25, 0.3) is 5.95 Å². The molecule has 8 heteroatoms. The number of rotatable bonds is 5. The summed E-state index contributed by atoms with van der Waals surface area (Å²) in [6.07, 6.45) is 3.41. The maximum atomic E-state index is 9.20. The van der Waals surface area contributed by atoms with Gasteiger partial charge in [0.05, 0.1) is 12.6 Å². The van der Waals surface area contributed by atoms with Gasteiger partial charge >= 0.3 is 0 Å². The Labute approximate surface area is 111 Å². The number of aliphatic hydroxyl groups excluding tert-OH is 1. The van der Waals surface area contributed by atoms with Gasteiger partial charge in [0.15, 0.2) is 0 Å². The summed E-state index contributed by atoms with van der Waals surface area (Å²) >= 11 is 0. The highest BCUT2D eigenvalue weighted by Gasteiger charge is 2.15. The summed E-state index contributed by atoms with van der Waals surface area (Å²) < 4.78 is 1.56. The maximum Gasteiger partial charge on any atom is 0.257 e. The van der Waals surface area contributed by atoms with E-state index in [9.17, 15) is 5.11 Å². The number of aliphatic hydroxyl groups is 1. The van der Waals surface area contributed by atoms with Crippen molar-refractivity contribution >= 4 is 11.9 Å². The number of anilines is 2. The van der Waals surface area contributed by atoms with Crippen molar-refractivity contribution in [3.63, 3.8) is 0 Å². The monoisotopic (exact) mass is 263 g/mol. The lowest BCUT2D eigenvalue weighted by molar-refractivity contribution is 0.269. The number of hydrogen-bond donors (Lipinski definition) is 2. The first-order chi connectivity index (χ1) is 9.15. The van der Waals surface area contributed by atoms with Crippen LogP contribution in [0.25, 0.3) is 5.95 Å². The van der Waals surface area contributed by atoms with Crippen LogP contribution in [-0.4, -0.2) is 56.6 Å². The van der Waals surface area contributed by atoms with Gasteiger partial charge in [-0.3, -0.25) is 0 Å². The normalized spacial score (nSPS) is 12.2. The third-order valence-electron chi connectivity index (χ3n) is 2.79. The van der Waals surface area contributed by atoms with Crippen LogP contribution in [-0.2, 0) is 0 Å². The second-order valence-corrected chi connectivity index (χ2v) is 4.10. The van der Waals surface area contributed by atoms with E-state index in [1.807, 2.05) is 14.0 Å². The fraction of sp³-hybridized carbons (Fsp3) is 0.455. The van der Waals surface area contributed by atoms with Crippen molar-refractivity contribution in [3.05, 3.63) is 18.5 Å². The Bertz CT molecular complexity index is 528. The molecule has 102 valence electrons. The van der Waals surface area contributed by atoms with Crippen LogP contribution < -0.4 is 10.2 Å². The number of nitrogens with one attached hydrogen (secondary N) is 1. The highest BCUT2D eigenvalue weighted by molar-refractivity contribution is 5.39. The van der Waals surface area contributed by atoms with Crippen molar-refractivity contribution < 1.29 is 5.11 Å². The van der Waals surface area contributed by atoms with Crippen molar-refractivity contribution in [2.75, 3.05) is 30.9 Å². The number of nitrogens with zero attached hydrogens (tertiary/aromatic N) is 6. The minimum atomic E-state index is -0.0856. The minimum Gasteiger partial charge on any atom is -0.394 e. The molecule has 0 amide bonds. The highest BCUT2D eigenvalue weighted by atomic mass is 16.3. The van der Waals surface area contributed by atoms with Crippen LogP contribution in [0.2, 0.25) is 0 Å². The van der Waals surface area contributed by atoms with E-state index in [1.54, 1.807) is 35.1 Å². The zero-order valence-electron chi connectivity index (χ0n) is 11.1. The van der Waals surface area contributed by atoms with Gasteiger partial charge in [-0.05, 0) is 13.0 Å². The smallest absolute Gasteiger partial charge is 0.257 e. The number of hydrogen-bond acceptors (Lipinski definition) is 7. The van der Waals surface area contributed by atoms with Crippen LogP contribution in [0, 0.1) is 0 Å². The summed E-state index contributed by atoms with van der Waals surface area (Å²) in [4.78, 5) is 14.6. The third kappa shape index (κ3) is 2.79.